The quantitative estimate of drug-likeness (QED) is 0.653. The molecule has 0 unspecified atom stereocenters. The van der Waals surface area contributed by atoms with Crippen molar-refractivity contribution >= 4 is 22.9 Å². The number of fused-ring (bicyclic) bond motifs is 1. The SMILES string of the molecule is CN(C)Cc1ccnc(NC(=O)NCc2nc3cc(F)c(F)cc3[nH]2)c1. The average molecular weight is 360 g/mol. The molecule has 2 amide bonds. The van der Waals surface area contributed by atoms with Gasteiger partial charge in [0, 0.05) is 24.9 Å². The molecule has 9 heteroatoms. The Labute approximate surface area is 148 Å². The molecule has 0 bridgehead atoms. The van der Waals surface area contributed by atoms with Gasteiger partial charge >= 0.3 is 6.03 Å². The first kappa shape index (κ1) is 17.7. The van der Waals surface area contributed by atoms with Crippen molar-refractivity contribution in [2.75, 3.05) is 19.4 Å². The van der Waals surface area contributed by atoms with Crippen LogP contribution in [0.5, 0.6) is 0 Å². The summed E-state index contributed by atoms with van der Waals surface area (Å²) in [7, 11) is 3.90. The van der Waals surface area contributed by atoms with Gasteiger partial charge in [0.25, 0.3) is 0 Å². The van der Waals surface area contributed by atoms with Crippen LogP contribution in [0.1, 0.15) is 11.4 Å². The Morgan fingerprint density at radius 1 is 1.23 bits per heavy atom. The van der Waals surface area contributed by atoms with Crippen LogP contribution in [0, 0.1) is 11.6 Å². The summed E-state index contributed by atoms with van der Waals surface area (Å²) in [6, 6.07) is 5.23. The maximum Gasteiger partial charge on any atom is 0.320 e. The molecular formula is C17H18F2N6O. The van der Waals surface area contributed by atoms with Gasteiger partial charge in [-0.1, -0.05) is 0 Å². The van der Waals surface area contributed by atoms with E-state index in [1.807, 2.05) is 25.1 Å². The van der Waals surface area contributed by atoms with Crippen LogP contribution >= 0.6 is 0 Å². The van der Waals surface area contributed by atoms with Crippen LogP contribution < -0.4 is 10.6 Å². The van der Waals surface area contributed by atoms with E-state index in [-0.39, 0.29) is 6.54 Å². The second-order valence-corrected chi connectivity index (χ2v) is 6.06. The Morgan fingerprint density at radius 3 is 2.77 bits per heavy atom. The van der Waals surface area contributed by atoms with Crippen molar-refractivity contribution in [1.82, 2.24) is 25.2 Å². The molecule has 136 valence electrons. The Hall–Kier alpha value is -3.07. The van der Waals surface area contributed by atoms with Crippen molar-refractivity contribution in [3.63, 3.8) is 0 Å². The van der Waals surface area contributed by atoms with Crippen molar-refractivity contribution in [3.8, 4) is 0 Å². The number of carbonyl (C=O) groups is 1. The van der Waals surface area contributed by atoms with Gasteiger partial charge in [0.1, 0.15) is 11.6 Å². The summed E-state index contributed by atoms with van der Waals surface area (Å²) in [5.74, 6) is -1.11. The average Bonchev–Trinajstić information content (AvgIpc) is 2.95. The second kappa shape index (κ2) is 7.44. The molecule has 0 fully saturated rings. The van der Waals surface area contributed by atoms with Crippen LogP contribution in [0.2, 0.25) is 0 Å². The summed E-state index contributed by atoms with van der Waals surface area (Å²) in [6.45, 7) is 0.798. The lowest BCUT2D eigenvalue weighted by atomic mass is 10.2. The van der Waals surface area contributed by atoms with E-state index >= 15 is 0 Å². The molecule has 0 aliphatic carbocycles. The number of anilines is 1. The standard InChI is InChI=1S/C17H18F2N6O/c1-25(2)9-10-3-4-20-15(5-10)24-17(26)21-8-16-22-13-6-11(18)12(19)7-14(13)23-16/h3-7H,8-9H2,1-2H3,(H,22,23)(H2,20,21,24,26). The number of rotatable bonds is 5. The smallest absolute Gasteiger partial charge is 0.320 e. The summed E-state index contributed by atoms with van der Waals surface area (Å²) < 4.78 is 26.4. The van der Waals surface area contributed by atoms with Gasteiger partial charge in [-0.3, -0.25) is 5.32 Å². The monoisotopic (exact) mass is 360 g/mol. The van der Waals surface area contributed by atoms with Gasteiger partial charge < -0.3 is 15.2 Å². The first-order valence-corrected chi connectivity index (χ1v) is 7.89. The number of aromatic nitrogens is 3. The van der Waals surface area contributed by atoms with Crippen LogP contribution in [-0.4, -0.2) is 40.0 Å². The number of nitrogens with zero attached hydrogens (tertiary/aromatic N) is 3. The van der Waals surface area contributed by atoms with Crippen molar-refractivity contribution in [2.45, 2.75) is 13.1 Å². The molecule has 0 atom stereocenters. The highest BCUT2D eigenvalue weighted by atomic mass is 19.2. The molecule has 26 heavy (non-hydrogen) atoms. The van der Waals surface area contributed by atoms with Crippen LogP contribution in [0.25, 0.3) is 11.0 Å². The van der Waals surface area contributed by atoms with Crippen molar-refractivity contribution in [3.05, 3.63) is 53.5 Å². The molecule has 2 heterocycles. The number of H-pyrrole nitrogens is 1. The fourth-order valence-corrected chi connectivity index (χ4v) is 2.47. The summed E-state index contributed by atoms with van der Waals surface area (Å²) in [5, 5.41) is 5.25. The van der Waals surface area contributed by atoms with E-state index in [1.165, 1.54) is 0 Å². The third-order valence-corrected chi connectivity index (χ3v) is 3.55. The molecule has 7 nitrogen and oxygen atoms in total. The number of aromatic amines is 1. The van der Waals surface area contributed by atoms with Crippen molar-refractivity contribution in [2.24, 2.45) is 0 Å². The predicted octanol–water partition coefficient (Wildman–Crippen LogP) is 2.62. The first-order valence-electron chi connectivity index (χ1n) is 7.89. The van der Waals surface area contributed by atoms with Gasteiger partial charge in [-0.25, -0.2) is 23.5 Å². The molecule has 3 aromatic rings. The number of nitrogens with one attached hydrogen (secondary N) is 3. The van der Waals surface area contributed by atoms with E-state index in [0.717, 1.165) is 24.2 Å². The zero-order valence-corrected chi connectivity index (χ0v) is 14.3. The van der Waals surface area contributed by atoms with Gasteiger partial charge in [0.15, 0.2) is 11.6 Å². The third kappa shape index (κ3) is 4.31. The van der Waals surface area contributed by atoms with E-state index < -0.39 is 17.7 Å². The first-order chi connectivity index (χ1) is 12.4. The van der Waals surface area contributed by atoms with Crippen LogP contribution in [0.4, 0.5) is 19.4 Å². The molecule has 0 saturated carbocycles. The third-order valence-electron chi connectivity index (χ3n) is 3.55. The molecule has 3 rings (SSSR count). The molecule has 0 spiro atoms. The van der Waals surface area contributed by atoms with Gasteiger partial charge in [0.2, 0.25) is 0 Å². The van der Waals surface area contributed by atoms with Crippen LogP contribution in [0.3, 0.4) is 0 Å². The zero-order valence-electron chi connectivity index (χ0n) is 14.3. The second-order valence-electron chi connectivity index (χ2n) is 6.06. The normalized spacial score (nSPS) is 11.1. The fraction of sp³-hybridized carbons (Fsp3) is 0.235. The minimum Gasteiger partial charge on any atom is -0.340 e. The Bertz CT molecular complexity index is 901. The van der Waals surface area contributed by atoms with Gasteiger partial charge in [0.05, 0.1) is 17.6 Å². The van der Waals surface area contributed by atoms with Crippen molar-refractivity contribution in [1.29, 1.82) is 0 Å². The summed E-state index contributed by atoms with van der Waals surface area (Å²) >= 11 is 0. The summed E-state index contributed by atoms with van der Waals surface area (Å²) in [5.41, 5.74) is 1.67. The summed E-state index contributed by atoms with van der Waals surface area (Å²) in [4.78, 5) is 25.1. The van der Waals surface area contributed by atoms with Gasteiger partial charge in [-0.15, -0.1) is 0 Å². The highest BCUT2D eigenvalue weighted by Gasteiger charge is 2.10. The number of benzene rings is 1. The number of hydrogen-bond donors (Lipinski definition) is 3. The number of urea groups is 1. The lowest BCUT2D eigenvalue weighted by Gasteiger charge is -2.11. The molecule has 1 aromatic carbocycles. The maximum absolute atomic E-state index is 13.2. The summed E-state index contributed by atoms with van der Waals surface area (Å²) in [6.07, 6.45) is 1.62. The highest BCUT2D eigenvalue weighted by Crippen LogP contribution is 2.16. The number of carbonyl (C=O) groups excluding carboxylic acids is 1. The minimum absolute atomic E-state index is 0.0706. The molecular weight excluding hydrogens is 342 g/mol. The molecule has 0 saturated heterocycles. The number of imidazole rings is 1. The van der Waals surface area contributed by atoms with Gasteiger partial charge in [-0.2, -0.15) is 0 Å². The Morgan fingerprint density at radius 2 is 2.00 bits per heavy atom. The molecule has 0 aliphatic heterocycles. The Kier molecular flexibility index (Phi) is 5.08. The number of hydrogen-bond acceptors (Lipinski definition) is 4. The van der Waals surface area contributed by atoms with E-state index in [0.29, 0.717) is 22.7 Å². The van der Waals surface area contributed by atoms with Gasteiger partial charge in [-0.05, 0) is 31.8 Å². The number of pyridine rings is 1. The minimum atomic E-state index is -0.968. The Balaban J connectivity index is 1.60. The van der Waals surface area contributed by atoms with Crippen LogP contribution in [-0.2, 0) is 13.1 Å². The largest absolute Gasteiger partial charge is 0.340 e. The highest BCUT2D eigenvalue weighted by molar-refractivity contribution is 5.88. The number of halogens is 2. The van der Waals surface area contributed by atoms with E-state index in [9.17, 15) is 13.6 Å². The lowest BCUT2D eigenvalue weighted by molar-refractivity contribution is 0.251. The lowest BCUT2D eigenvalue weighted by Crippen LogP contribution is -2.29. The van der Waals surface area contributed by atoms with Crippen LogP contribution in [0.15, 0.2) is 30.5 Å². The molecule has 0 radical (unpaired) electrons. The van der Waals surface area contributed by atoms with E-state index in [4.69, 9.17) is 0 Å². The number of amides is 2. The van der Waals surface area contributed by atoms with E-state index in [1.54, 1.807) is 12.3 Å². The topological polar surface area (TPSA) is 85.9 Å². The molecule has 2 aromatic heterocycles. The molecule has 0 aliphatic rings. The van der Waals surface area contributed by atoms with Crippen molar-refractivity contribution < 1.29 is 13.6 Å². The predicted molar refractivity (Wildman–Crippen MR) is 93.5 cm³/mol. The zero-order chi connectivity index (χ0) is 18.7. The van der Waals surface area contributed by atoms with E-state index in [2.05, 4.69) is 25.6 Å². The maximum atomic E-state index is 13.2. The fourth-order valence-electron chi connectivity index (χ4n) is 2.47. The molecule has 3 N–H and O–H groups in total.